The average Bonchev–Trinajstić information content (AvgIpc) is 3.35. The number of rotatable bonds is 8. The van der Waals surface area contributed by atoms with E-state index in [1.54, 1.807) is 12.0 Å². The van der Waals surface area contributed by atoms with Crippen LogP contribution in [0, 0.1) is 6.92 Å². The summed E-state index contributed by atoms with van der Waals surface area (Å²) >= 11 is 7.91. The number of amidine groups is 1. The highest BCUT2D eigenvalue weighted by atomic mass is 35.5. The lowest BCUT2D eigenvalue weighted by molar-refractivity contribution is -0.122. The molecule has 5 nitrogen and oxygen atoms in total. The van der Waals surface area contributed by atoms with Crippen molar-refractivity contribution in [3.8, 4) is 0 Å². The van der Waals surface area contributed by atoms with Gasteiger partial charge in [0, 0.05) is 54.0 Å². The van der Waals surface area contributed by atoms with Crippen molar-refractivity contribution in [3.05, 3.63) is 106 Å². The van der Waals surface area contributed by atoms with E-state index in [0.717, 1.165) is 44.9 Å². The van der Waals surface area contributed by atoms with Crippen LogP contribution in [0.3, 0.4) is 0 Å². The van der Waals surface area contributed by atoms with Gasteiger partial charge in [-0.1, -0.05) is 66.2 Å². The van der Waals surface area contributed by atoms with E-state index in [1.165, 1.54) is 11.8 Å². The second kappa shape index (κ2) is 11.4. The molecule has 1 aliphatic rings. The number of ether oxygens (including phenoxy) is 1. The Kier molecular flexibility index (Phi) is 7.79. The molecule has 188 valence electrons. The van der Waals surface area contributed by atoms with Crippen LogP contribution in [0.25, 0.3) is 17.0 Å². The van der Waals surface area contributed by atoms with Crippen LogP contribution < -0.4 is 0 Å². The number of carbonyl (C=O) groups is 1. The van der Waals surface area contributed by atoms with Gasteiger partial charge in [0.05, 0.1) is 10.6 Å². The molecule has 0 N–H and O–H groups in total. The third kappa shape index (κ3) is 5.37. The largest absolute Gasteiger partial charge is 0.385 e. The fraction of sp³-hybridized carbons (Fsp3) is 0.200. The average molecular weight is 530 g/mol. The molecule has 7 heteroatoms. The van der Waals surface area contributed by atoms with E-state index in [1.807, 2.05) is 66.7 Å². The summed E-state index contributed by atoms with van der Waals surface area (Å²) in [5.74, 6) is -0.0295. The van der Waals surface area contributed by atoms with Crippen LogP contribution in [0.2, 0.25) is 5.02 Å². The Balaban J connectivity index is 1.55. The van der Waals surface area contributed by atoms with Crippen molar-refractivity contribution in [1.29, 1.82) is 0 Å². The van der Waals surface area contributed by atoms with E-state index in [9.17, 15) is 4.79 Å². The van der Waals surface area contributed by atoms with Crippen molar-refractivity contribution >= 4 is 57.1 Å². The lowest BCUT2D eigenvalue weighted by atomic mass is 10.1. The molecular weight excluding hydrogens is 502 g/mol. The van der Waals surface area contributed by atoms with E-state index >= 15 is 0 Å². The molecule has 0 radical (unpaired) electrons. The highest BCUT2D eigenvalue weighted by Gasteiger charge is 2.33. The summed E-state index contributed by atoms with van der Waals surface area (Å²) in [5, 5.41) is 2.54. The molecule has 4 aromatic rings. The van der Waals surface area contributed by atoms with Crippen molar-refractivity contribution in [1.82, 2.24) is 9.47 Å². The van der Waals surface area contributed by atoms with Gasteiger partial charge in [-0.15, -0.1) is 0 Å². The predicted molar refractivity (Wildman–Crippen MR) is 155 cm³/mol. The van der Waals surface area contributed by atoms with Gasteiger partial charge in [0.2, 0.25) is 0 Å². The Bertz CT molecular complexity index is 1490. The van der Waals surface area contributed by atoms with Gasteiger partial charge in [0.25, 0.3) is 5.91 Å². The second-order valence-corrected chi connectivity index (χ2v) is 10.3. The van der Waals surface area contributed by atoms with Crippen molar-refractivity contribution in [2.24, 2.45) is 4.99 Å². The van der Waals surface area contributed by atoms with Crippen molar-refractivity contribution in [3.63, 3.8) is 0 Å². The smallest absolute Gasteiger partial charge is 0.266 e. The number of benzene rings is 3. The Morgan fingerprint density at radius 1 is 1.00 bits per heavy atom. The SMILES string of the molecule is COCCCN1C(=O)/C(=C/c2c(C)n(Cc3ccccc3Cl)c3ccccc23)SC1=Nc1ccccc1. The number of hydrogen-bond donors (Lipinski definition) is 0. The van der Waals surface area contributed by atoms with Gasteiger partial charge in [0.1, 0.15) is 0 Å². The second-order valence-electron chi connectivity index (χ2n) is 8.84. The van der Waals surface area contributed by atoms with E-state index in [2.05, 4.69) is 29.7 Å². The van der Waals surface area contributed by atoms with Crippen LogP contribution in [-0.2, 0) is 16.1 Å². The topological polar surface area (TPSA) is 46.8 Å². The minimum Gasteiger partial charge on any atom is -0.385 e. The monoisotopic (exact) mass is 529 g/mol. The molecule has 1 saturated heterocycles. The molecule has 5 rings (SSSR count). The van der Waals surface area contributed by atoms with Gasteiger partial charge in [-0.3, -0.25) is 9.69 Å². The molecule has 0 spiro atoms. The Morgan fingerprint density at radius 3 is 2.51 bits per heavy atom. The first kappa shape index (κ1) is 25.3. The number of nitrogens with zero attached hydrogens (tertiary/aromatic N) is 3. The molecule has 2 heterocycles. The minimum atomic E-state index is -0.0295. The first-order valence-electron chi connectivity index (χ1n) is 12.2. The van der Waals surface area contributed by atoms with Gasteiger partial charge < -0.3 is 9.30 Å². The van der Waals surface area contributed by atoms with Crippen molar-refractivity contribution < 1.29 is 9.53 Å². The lowest BCUT2D eigenvalue weighted by Gasteiger charge is -2.15. The molecule has 0 atom stereocenters. The molecule has 1 aliphatic heterocycles. The molecule has 37 heavy (non-hydrogen) atoms. The maximum atomic E-state index is 13.6. The molecule has 3 aromatic carbocycles. The highest BCUT2D eigenvalue weighted by molar-refractivity contribution is 8.18. The number of fused-ring (bicyclic) bond motifs is 1. The molecule has 0 aliphatic carbocycles. The number of carbonyl (C=O) groups excluding carboxylic acids is 1. The zero-order valence-electron chi connectivity index (χ0n) is 20.9. The van der Waals surface area contributed by atoms with Crippen LogP contribution in [0.15, 0.2) is 88.8 Å². The maximum Gasteiger partial charge on any atom is 0.266 e. The maximum absolute atomic E-state index is 13.6. The van der Waals surface area contributed by atoms with Crippen LogP contribution in [0.4, 0.5) is 5.69 Å². The number of hydrogen-bond acceptors (Lipinski definition) is 4. The van der Waals surface area contributed by atoms with Crippen LogP contribution >= 0.6 is 23.4 Å². The Labute approximate surface area is 226 Å². The summed E-state index contributed by atoms with van der Waals surface area (Å²) in [6.45, 7) is 3.89. The molecule has 0 unspecified atom stereocenters. The predicted octanol–water partition coefficient (Wildman–Crippen LogP) is 7.29. The third-order valence-corrected chi connectivity index (χ3v) is 7.82. The quantitative estimate of drug-likeness (QED) is 0.178. The first-order valence-corrected chi connectivity index (χ1v) is 13.4. The summed E-state index contributed by atoms with van der Waals surface area (Å²) in [7, 11) is 1.67. The summed E-state index contributed by atoms with van der Waals surface area (Å²) in [4.78, 5) is 20.8. The zero-order chi connectivity index (χ0) is 25.8. The van der Waals surface area contributed by atoms with Crippen LogP contribution in [-0.4, -0.2) is 40.8 Å². The van der Waals surface area contributed by atoms with Gasteiger partial charge in [-0.25, -0.2) is 4.99 Å². The first-order chi connectivity index (χ1) is 18.1. The Morgan fingerprint density at radius 2 is 1.73 bits per heavy atom. The van der Waals surface area contributed by atoms with E-state index in [4.69, 9.17) is 21.3 Å². The number of aliphatic imine (C=N–C) groups is 1. The highest BCUT2D eigenvalue weighted by Crippen LogP contribution is 2.37. The van der Waals surface area contributed by atoms with E-state index in [0.29, 0.717) is 29.8 Å². The third-order valence-electron chi connectivity index (χ3n) is 6.44. The standard InChI is InChI=1S/C30H28ClN3O2S/c1-21-25(24-14-7-9-16-27(24)34(21)20-22-11-6-8-15-26(22)31)19-28-29(35)33(17-10-18-36-2)30(37-28)32-23-12-4-3-5-13-23/h3-9,11-16,19H,10,17-18,20H2,1-2H3/b28-19-,32-30?. The van der Waals surface area contributed by atoms with Crippen LogP contribution in [0.5, 0.6) is 0 Å². The van der Waals surface area contributed by atoms with Crippen LogP contribution in [0.1, 0.15) is 23.2 Å². The van der Waals surface area contributed by atoms with Gasteiger partial charge in [0.15, 0.2) is 5.17 Å². The summed E-state index contributed by atoms with van der Waals surface area (Å²) in [6, 6.07) is 26.0. The molecule has 1 fully saturated rings. The fourth-order valence-corrected chi connectivity index (χ4v) is 5.74. The molecule has 0 bridgehead atoms. The number of methoxy groups -OCH3 is 1. The molecular formula is C30H28ClN3O2S. The van der Waals surface area contributed by atoms with E-state index < -0.39 is 0 Å². The molecule has 1 aromatic heterocycles. The summed E-state index contributed by atoms with van der Waals surface area (Å²) in [5.41, 5.74) is 5.11. The summed E-state index contributed by atoms with van der Waals surface area (Å²) < 4.78 is 7.49. The molecule has 1 amide bonds. The van der Waals surface area contributed by atoms with Crippen molar-refractivity contribution in [2.75, 3.05) is 20.3 Å². The zero-order valence-corrected chi connectivity index (χ0v) is 22.4. The number of para-hydroxylation sites is 2. The molecule has 0 saturated carbocycles. The number of aromatic nitrogens is 1. The number of amides is 1. The van der Waals surface area contributed by atoms with Gasteiger partial charge in [-0.05, 0) is 61.0 Å². The number of thioether (sulfide) groups is 1. The Hall–Kier alpha value is -3.32. The normalized spacial score (nSPS) is 16.0. The van der Waals surface area contributed by atoms with Gasteiger partial charge in [-0.2, -0.15) is 0 Å². The summed E-state index contributed by atoms with van der Waals surface area (Å²) in [6.07, 6.45) is 2.75. The number of halogens is 1. The lowest BCUT2D eigenvalue weighted by Crippen LogP contribution is -2.30. The minimum absolute atomic E-state index is 0.0295. The van der Waals surface area contributed by atoms with E-state index in [-0.39, 0.29) is 5.91 Å². The van der Waals surface area contributed by atoms with Gasteiger partial charge >= 0.3 is 0 Å². The fourth-order valence-electron chi connectivity index (χ4n) is 4.54. The van der Waals surface area contributed by atoms with Crippen molar-refractivity contribution in [2.45, 2.75) is 19.9 Å².